The molecule has 0 aliphatic rings. The Kier molecular flexibility index (Phi) is 5.87. The SMILES string of the molecule is NC(=O)c1cccc(CN=C/C=C(\N)c2cc(-c3ccccc3)ccc2N)c1. The smallest absolute Gasteiger partial charge is 0.248 e. The molecule has 6 N–H and O–H groups in total. The third kappa shape index (κ3) is 4.65. The molecule has 0 bridgehead atoms. The predicted molar refractivity (Wildman–Crippen MR) is 116 cm³/mol. The molecule has 0 atom stereocenters. The maximum absolute atomic E-state index is 11.2. The van der Waals surface area contributed by atoms with Gasteiger partial charge in [-0.3, -0.25) is 9.79 Å². The minimum atomic E-state index is -0.455. The van der Waals surface area contributed by atoms with Crippen molar-refractivity contribution in [3.63, 3.8) is 0 Å². The van der Waals surface area contributed by atoms with Crippen LogP contribution in [0.25, 0.3) is 16.8 Å². The van der Waals surface area contributed by atoms with Crippen LogP contribution in [0.1, 0.15) is 21.5 Å². The first-order valence-corrected chi connectivity index (χ1v) is 8.84. The summed E-state index contributed by atoms with van der Waals surface area (Å²) < 4.78 is 0. The van der Waals surface area contributed by atoms with Crippen molar-refractivity contribution in [1.82, 2.24) is 0 Å². The monoisotopic (exact) mass is 370 g/mol. The molecule has 1 amide bonds. The summed E-state index contributed by atoms with van der Waals surface area (Å²) in [5.74, 6) is -0.455. The molecule has 0 aliphatic carbocycles. The van der Waals surface area contributed by atoms with E-state index < -0.39 is 5.91 Å². The van der Waals surface area contributed by atoms with Gasteiger partial charge in [-0.1, -0.05) is 48.5 Å². The molecule has 3 aromatic rings. The van der Waals surface area contributed by atoms with Gasteiger partial charge in [-0.25, -0.2) is 0 Å². The van der Waals surface area contributed by atoms with Crippen LogP contribution in [-0.2, 0) is 6.54 Å². The minimum Gasteiger partial charge on any atom is -0.398 e. The first kappa shape index (κ1) is 18.9. The van der Waals surface area contributed by atoms with Gasteiger partial charge in [-0.05, 0) is 47.0 Å². The van der Waals surface area contributed by atoms with E-state index in [0.29, 0.717) is 23.5 Å². The standard InChI is InChI=1S/C23H22N4O/c24-21-10-9-18(17-6-2-1-3-7-17)14-20(21)22(25)11-12-27-15-16-5-4-8-19(13-16)23(26)28/h1-14H,15,24-25H2,(H2,26,28)/b22-11-,27-12?. The van der Waals surface area contributed by atoms with Crippen LogP contribution in [0.3, 0.4) is 0 Å². The molecule has 0 heterocycles. The number of nitrogen functional groups attached to an aromatic ring is 1. The molecular formula is C23H22N4O. The van der Waals surface area contributed by atoms with Crippen molar-refractivity contribution in [1.29, 1.82) is 0 Å². The van der Waals surface area contributed by atoms with E-state index >= 15 is 0 Å². The first-order chi connectivity index (χ1) is 13.5. The van der Waals surface area contributed by atoms with E-state index in [4.69, 9.17) is 17.2 Å². The van der Waals surface area contributed by atoms with Crippen LogP contribution in [-0.4, -0.2) is 12.1 Å². The molecule has 0 saturated carbocycles. The van der Waals surface area contributed by atoms with E-state index in [0.717, 1.165) is 22.3 Å². The number of amides is 1. The topological polar surface area (TPSA) is 107 Å². The van der Waals surface area contributed by atoms with Crippen LogP contribution in [0, 0.1) is 0 Å². The average molecular weight is 370 g/mol. The lowest BCUT2D eigenvalue weighted by Gasteiger charge is -2.09. The largest absolute Gasteiger partial charge is 0.398 e. The number of nitrogens with zero attached hydrogens (tertiary/aromatic N) is 1. The van der Waals surface area contributed by atoms with Crippen molar-refractivity contribution in [3.05, 3.63) is 95.6 Å². The number of nitrogens with two attached hydrogens (primary N) is 3. The lowest BCUT2D eigenvalue weighted by atomic mass is 10.0. The van der Waals surface area contributed by atoms with Crippen LogP contribution < -0.4 is 17.2 Å². The van der Waals surface area contributed by atoms with E-state index in [-0.39, 0.29) is 0 Å². The highest BCUT2D eigenvalue weighted by Gasteiger charge is 2.05. The van der Waals surface area contributed by atoms with Gasteiger partial charge in [0.1, 0.15) is 0 Å². The summed E-state index contributed by atoms with van der Waals surface area (Å²) in [7, 11) is 0. The first-order valence-electron chi connectivity index (χ1n) is 8.84. The Labute approximate surface area is 164 Å². The zero-order valence-electron chi connectivity index (χ0n) is 15.4. The summed E-state index contributed by atoms with van der Waals surface area (Å²) >= 11 is 0. The molecule has 0 aromatic heterocycles. The Morgan fingerprint density at radius 1 is 0.893 bits per heavy atom. The number of benzene rings is 3. The molecule has 3 rings (SSSR count). The van der Waals surface area contributed by atoms with E-state index in [1.165, 1.54) is 0 Å². The lowest BCUT2D eigenvalue weighted by molar-refractivity contribution is 0.1000. The maximum atomic E-state index is 11.2. The van der Waals surface area contributed by atoms with Crippen molar-refractivity contribution in [2.45, 2.75) is 6.54 Å². The molecule has 0 fully saturated rings. The van der Waals surface area contributed by atoms with E-state index in [2.05, 4.69) is 4.99 Å². The highest BCUT2D eigenvalue weighted by molar-refractivity contribution is 5.93. The molecule has 5 nitrogen and oxygen atoms in total. The third-order valence-corrected chi connectivity index (χ3v) is 4.32. The Morgan fingerprint density at radius 2 is 1.68 bits per heavy atom. The molecule has 28 heavy (non-hydrogen) atoms. The van der Waals surface area contributed by atoms with Gasteiger partial charge < -0.3 is 17.2 Å². The number of rotatable bonds is 6. The second-order valence-corrected chi connectivity index (χ2v) is 6.34. The Hall–Kier alpha value is -3.86. The highest BCUT2D eigenvalue weighted by atomic mass is 16.1. The van der Waals surface area contributed by atoms with Crippen molar-refractivity contribution >= 4 is 23.5 Å². The van der Waals surface area contributed by atoms with Crippen molar-refractivity contribution in [3.8, 4) is 11.1 Å². The number of aliphatic imine (C=N–C) groups is 1. The van der Waals surface area contributed by atoms with Gasteiger partial charge in [0.2, 0.25) is 5.91 Å². The van der Waals surface area contributed by atoms with Gasteiger partial charge >= 0.3 is 0 Å². The number of hydrogen-bond acceptors (Lipinski definition) is 4. The number of primary amides is 1. The van der Waals surface area contributed by atoms with Gasteiger partial charge in [0.15, 0.2) is 0 Å². The molecule has 0 unspecified atom stereocenters. The zero-order chi connectivity index (χ0) is 19.9. The Balaban J connectivity index is 1.75. The Morgan fingerprint density at radius 3 is 2.43 bits per heavy atom. The fraction of sp³-hybridized carbons (Fsp3) is 0.0435. The predicted octanol–water partition coefficient (Wildman–Crippen LogP) is 3.61. The van der Waals surface area contributed by atoms with Gasteiger partial charge in [0.25, 0.3) is 0 Å². The van der Waals surface area contributed by atoms with Crippen LogP contribution in [0.2, 0.25) is 0 Å². The molecular weight excluding hydrogens is 348 g/mol. The quantitative estimate of drug-likeness (QED) is 0.456. The van der Waals surface area contributed by atoms with Crippen LogP contribution >= 0.6 is 0 Å². The van der Waals surface area contributed by atoms with Crippen LogP contribution in [0.4, 0.5) is 5.69 Å². The summed E-state index contributed by atoms with van der Waals surface area (Å²) in [4.78, 5) is 15.6. The fourth-order valence-corrected chi connectivity index (χ4v) is 2.82. The van der Waals surface area contributed by atoms with Crippen molar-refractivity contribution in [2.75, 3.05) is 5.73 Å². The number of carbonyl (C=O) groups excluding carboxylic acids is 1. The lowest BCUT2D eigenvalue weighted by Crippen LogP contribution is -2.10. The second-order valence-electron chi connectivity index (χ2n) is 6.34. The molecule has 0 spiro atoms. The summed E-state index contributed by atoms with van der Waals surface area (Å²) in [5.41, 5.74) is 23.0. The number of hydrogen-bond donors (Lipinski definition) is 3. The normalized spacial score (nSPS) is 11.6. The summed E-state index contributed by atoms with van der Waals surface area (Å²) in [6.07, 6.45) is 3.36. The zero-order valence-corrected chi connectivity index (χ0v) is 15.4. The summed E-state index contributed by atoms with van der Waals surface area (Å²) in [6, 6.07) is 22.9. The number of carbonyl (C=O) groups is 1. The molecule has 0 aliphatic heterocycles. The molecule has 5 heteroatoms. The minimum absolute atomic E-state index is 0.421. The molecule has 0 radical (unpaired) electrons. The van der Waals surface area contributed by atoms with Crippen LogP contribution in [0.5, 0.6) is 0 Å². The van der Waals surface area contributed by atoms with E-state index in [1.54, 1.807) is 30.5 Å². The molecule has 0 saturated heterocycles. The Bertz CT molecular complexity index is 1040. The third-order valence-electron chi connectivity index (χ3n) is 4.32. The van der Waals surface area contributed by atoms with Gasteiger partial charge in [0, 0.05) is 28.7 Å². The van der Waals surface area contributed by atoms with E-state index in [1.807, 2.05) is 54.6 Å². The fourth-order valence-electron chi connectivity index (χ4n) is 2.82. The highest BCUT2D eigenvalue weighted by Crippen LogP contribution is 2.26. The summed E-state index contributed by atoms with van der Waals surface area (Å²) in [5, 5.41) is 0. The number of anilines is 1. The summed E-state index contributed by atoms with van der Waals surface area (Å²) in [6.45, 7) is 0.421. The van der Waals surface area contributed by atoms with Crippen LogP contribution in [0.15, 0.2) is 83.9 Å². The molecule has 140 valence electrons. The van der Waals surface area contributed by atoms with Crippen molar-refractivity contribution < 1.29 is 4.79 Å². The van der Waals surface area contributed by atoms with Gasteiger partial charge in [0.05, 0.1) is 6.54 Å². The average Bonchev–Trinajstić information content (AvgIpc) is 2.72. The second kappa shape index (κ2) is 8.68. The molecule has 3 aromatic carbocycles. The van der Waals surface area contributed by atoms with Gasteiger partial charge in [-0.15, -0.1) is 0 Å². The van der Waals surface area contributed by atoms with Gasteiger partial charge in [-0.2, -0.15) is 0 Å². The maximum Gasteiger partial charge on any atom is 0.248 e. The van der Waals surface area contributed by atoms with Crippen molar-refractivity contribution in [2.24, 2.45) is 16.5 Å². The number of allylic oxidation sites excluding steroid dienone is 1. The van der Waals surface area contributed by atoms with E-state index in [9.17, 15) is 4.79 Å².